The highest BCUT2D eigenvalue weighted by Gasteiger charge is 2.29. The SMILES string of the molecule is CCc1c[nH]c2nccc(-c3nc(N4CCNCC4)c4c(C5CC5)cncc4n3)c12. The number of H-pyrrole nitrogens is 1. The number of nitrogens with one attached hydrogen (secondary N) is 2. The highest BCUT2D eigenvalue weighted by atomic mass is 15.2. The number of anilines is 1. The second-order valence-corrected chi connectivity index (χ2v) is 8.25. The van der Waals surface area contributed by atoms with Crippen molar-refractivity contribution in [3.05, 3.63) is 42.0 Å². The summed E-state index contributed by atoms with van der Waals surface area (Å²) in [6.07, 6.45) is 11.2. The van der Waals surface area contributed by atoms with Gasteiger partial charge in [0.05, 0.1) is 11.7 Å². The number of pyridine rings is 2. The lowest BCUT2D eigenvalue weighted by Gasteiger charge is -2.30. The molecule has 0 bridgehead atoms. The zero-order chi connectivity index (χ0) is 20.1. The van der Waals surface area contributed by atoms with Gasteiger partial charge in [0.1, 0.15) is 11.5 Å². The first kappa shape index (κ1) is 17.8. The van der Waals surface area contributed by atoms with Crippen LogP contribution < -0.4 is 10.2 Å². The van der Waals surface area contributed by atoms with Gasteiger partial charge in [-0.1, -0.05) is 6.92 Å². The molecule has 0 aromatic carbocycles. The fourth-order valence-corrected chi connectivity index (χ4v) is 4.61. The molecule has 0 unspecified atom stereocenters. The standard InChI is InChI=1S/C23H25N7/c1-2-14-11-27-22-19(14)16(5-6-26-22)21-28-18-13-25-12-17(15-3-4-15)20(18)23(29-21)30-9-7-24-8-10-30/h5-6,11-13,15,24H,2-4,7-10H2,1H3,(H,26,27). The van der Waals surface area contributed by atoms with Crippen LogP contribution in [0, 0.1) is 0 Å². The number of aromatic nitrogens is 5. The predicted octanol–water partition coefficient (Wildman–Crippen LogP) is 3.42. The molecule has 0 amide bonds. The third kappa shape index (κ3) is 2.84. The van der Waals surface area contributed by atoms with Crippen LogP contribution >= 0.6 is 0 Å². The van der Waals surface area contributed by atoms with Gasteiger partial charge in [-0.05, 0) is 42.4 Å². The van der Waals surface area contributed by atoms with Crippen molar-refractivity contribution in [2.24, 2.45) is 0 Å². The lowest BCUT2D eigenvalue weighted by atomic mass is 10.0. The topological polar surface area (TPSA) is 82.6 Å². The van der Waals surface area contributed by atoms with Gasteiger partial charge in [-0.25, -0.2) is 15.0 Å². The minimum atomic E-state index is 0.598. The van der Waals surface area contributed by atoms with Crippen molar-refractivity contribution in [3.8, 4) is 11.4 Å². The summed E-state index contributed by atoms with van der Waals surface area (Å²) >= 11 is 0. The molecule has 1 aliphatic heterocycles. The molecule has 4 aromatic heterocycles. The Hall–Kier alpha value is -3.06. The highest BCUT2D eigenvalue weighted by molar-refractivity contribution is 5.98. The molecule has 4 aromatic rings. The summed E-state index contributed by atoms with van der Waals surface area (Å²) in [4.78, 5) is 25.0. The predicted molar refractivity (Wildman–Crippen MR) is 119 cm³/mol. The third-order valence-electron chi connectivity index (χ3n) is 6.33. The van der Waals surface area contributed by atoms with Crippen LogP contribution in [0.15, 0.2) is 30.9 Å². The molecule has 30 heavy (non-hydrogen) atoms. The summed E-state index contributed by atoms with van der Waals surface area (Å²) < 4.78 is 0. The zero-order valence-electron chi connectivity index (χ0n) is 17.1. The molecular formula is C23H25N7. The van der Waals surface area contributed by atoms with Crippen molar-refractivity contribution < 1.29 is 0 Å². The molecule has 6 rings (SSSR count). The first-order chi connectivity index (χ1) is 14.8. The molecule has 0 radical (unpaired) electrons. The van der Waals surface area contributed by atoms with Gasteiger partial charge in [-0.3, -0.25) is 4.98 Å². The van der Waals surface area contributed by atoms with Gasteiger partial charge in [-0.15, -0.1) is 0 Å². The average molecular weight is 400 g/mol. The first-order valence-electron chi connectivity index (χ1n) is 10.9. The minimum Gasteiger partial charge on any atom is -0.353 e. The first-order valence-corrected chi connectivity index (χ1v) is 10.9. The van der Waals surface area contributed by atoms with E-state index in [1.165, 1.54) is 29.4 Å². The molecule has 2 N–H and O–H groups in total. The van der Waals surface area contributed by atoms with E-state index >= 15 is 0 Å². The van der Waals surface area contributed by atoms with Crippen molar-refractivity contribution in [1.29, 1.82) is 0 Å². The van der Waals surface area contributed by atoms with Crippen molar-refractivity contribution >= 4 is 27.8 Å². The van der Waals surface area contributed by atoms with Gasteiger partial charge >= 0.3 is 0 Å². The van der Waals surface area contributed by atoms with E-state index in [2.05, 4.69) is 32.1 Å². The number of rotatable bonds is 4. The second-order valence-electron chi connectivity index (χ2n) is 8.25. The molecule has 7 nitrogen and oxygen atoms in total. The van der Waals surface area contributed by atoms with Crippen LogP contribution in [-0.4, -0.2) is 51.1 Å². The van der Waals surface area contributed by atoms with Crippen LogP contribution in [0.4, 0.5) is 5.82 Å². The van der Waals surface area contributed by atoms with E-state index in [4.69, 9.17) is 9.97 Å². The number of hydrogen-bond donors (Lipinski definition) is 2. The maximum atomic E-state index is 5.19. The van der Waals surface area contributed by atoms with E-state index in [9.17, 15) is 0 Å². The van der Waals surface area contributed by atoms with Crippen molar-refractivity contribution in [2.45, 2.75) is 32.1 Å². The number of hydrogen-bond acceptors (Lipinski definition) is 6. The maximum absolute atomic E-state index is 5.19. The van der Waals surface area contributed by atoms with E-state index in [0.717, 1.165) is 66.4 Å². The lowest BCUT2D eigenvalue weighted by molar-refractivity contribution is 0.586. The lowest BCUT2D eigenvalue weighted by Crippen LogP contribution is -2.44. The Labute approximate surface area is 175 Å². The summed E-state index contributed by atoms with van der Waals surface area (Å²) in [7, 11) is 0. The average Bonchev–Trinajstić information content (AvgIpc) is 3.57. The van der Waals surface area contributed by atoms with Gasteiger partial charge in [0.15, 0.2) is 5.82 Å². The summed E-state index contributed by atoms with van der Waals surface area (Å²) in [5.41, 5.74) is 5.42. The van der Waals surface area contributed by atoms with Crippen LogP contribution in [0.2, 0.25) is 0 Å². The molecule has 0 atom stereocenters. The Balaban J connectivity index is 1.62. The van der Waals surface area contributed by atoms with Crippen LogP contribution in [0.5, 0.6) is 0 Å². The molecule has 7 heteroatoms. The van der Waals surface area contributed by atoms with E-state index in [0.29, 0.717) is 5.92 Å². The van der Waals surface area contributed by atoms with Crippen molar-refractivity contribution in [1.82, 2.24) is 30.2 Å². The summed E-state index contributed by atoms with van der Waals surface area (Å²) in [5, 5.41) is 5.76. The molecule has 152 valence electrons. The molecule has 2 aliphatic rings. The third-order valence-corrected chi connectivity index (χ3v) is 6.33. The van der Waals surface area contributed by atoms with E-state index in [1.54, 1.807) is 0 Å². The summed E-state index contributed by atoms with van der Waals surface area (Å²) in [6.45, 7) is 6.02. The Kier molecular flexibility index (Phi) is 4.16. The molecule has 5 heterocycles. The number of nitrogens with zero attached hydrogens (tertiary/aromatic N) is 5. The van der Waals surface area contributed by atoms with Gasteiger partial charge in [-0.2, -0.15) is 0 Å². The molecule has 1 saturated heterocycles. The Morgan fingerprint density at radius 2 is 1.97 bits per heavy atom. The van der Waals surface area contributed by atoms with Crippen LogP contribution in [-0.2, 0) is 6.42 Å². The number of fused-ring (bicyclic) bond motifs is 2. The number of piperazine rings is 1. The Morgan fingerprint density at radius 1 is 1.10 bits per heavy atom. The largest absolute Gasteiger partial charge is 0.353 e. The summed E-state index contributed by atoms with van der Waals surface area (Å²) in [5.74, 6) is 2.41. The normalized spacial score (nSPS) is 17.2. The zero-order valence-corrected chi connectivity index (χ0v) is 17.1. The van der Waals surface area contributed by atoms with Gasteiger partial charge < -0.3 is 15.2 Å². The Morgan fingerprint density at radius 3 is 2.77 bits per heavy atom. The van der Waals surface area contributed by atoms with Crippen LogP contribution in [0.25, 0.3) is 33.3 Å². The monoisotopic (exact) mass is 399 g/mol. The molecular weight excluding hydrogens is 374 g/mol. The van der Waals surface area contributed by atoms with E-state index < -0.39 is 0 Å². The molecule has 1 saturated carbocycles. The second kappa shape index (κ2) is 7.02. The van der Waals surface area contributed by atoms with Gasteiger partial charge in [0.2, 0.25) is 0 Å². The Bertz CT molecular complexity index is 1240. The summed E-state index contributed by atoms with van der Waals surface area (Å²) in [6, 6.07) is 2.04. The van der Waals surface area contributed by atoms with E-state index in [1.807, 2.05) is 30.9 Å². The van der Waals surface area contributed by atoms with Gasteiger partial charge in [0, 0.05) is 61.1 Å². The van der Waals surface area contributed by atoms with Crippen LogP contribution in [0.3, 0.4) is 0 Å². The quantitative estimate of drug-likeness (QED) is 0.547. The number of aryl methyl sites for hydroxylation is 1. The fraction of sp³-hybridized carbons (Fsp3) is 0.391. The molecule has 0 spiro atoms. The number of aromatic amines is 1. The molecule has 1 aliphatic carbocycles. The van der Waals surface area contributed by atoms with Crippen molar-refractivity contribution in [3.63, 3.8) is 0 Å². The van der Waals surface area contributed by atoms with Crippen molar-refractivity contribution in [2.75, 3.05) is 31.1 Å². The smallest absolute Gasteiger partial charge is 0.163 e. The maximum Gasteiger partial charge on any atom is 0.163 e. The van der Waals surface area contributed by atoms with Gasteiger partial charge in [0.25, 0.3) is 0 Å². The van der Waals surface area contributed by atoms with E-state index in [-0.39, 0.29) is 0 Å². The highest BCUT2D eigenvalue weighted by Crippen LogP contribution is 2.45. The fourth-order valence-electron chi connectivity index (χ4n) is 4.61. The molecule has 2 fully saturated rings. The minimum absolute atomic E-state index is 0.598. The van der Waals surface area contributed by atoms with Crippen LogP contribution in [0.1, 0.15) is 36.8 Å².